The molecule has 1 amide bonds. The number of aromatic nitrogens is 2. The van der Waals surface area contributed by atoms with E-state index >= 15 is 0 Å². The normalized spacial score (nSPS) is 16.5. The average Bonchev–Trinajstić information content (AvgIpc) is 2.82. The molecule has 2 rings (SSSR count). The molecule has 0 unspecified atom stereocenters. The molecule has 1 fully saturated rings. The molecule has 1 saturated heterocycles. The Kier molecular flexibility index (Phi) is 4.05. The molecule has 0 atom stereocenters. The van der Waals surface area contributed by atoms with Crippen molar-refractivity contribution >= 4 is 5.91 Å². The summed E-state index contributed by atoms with van der Waals surface area (Å²) in [6.45, 7) is 4.23. The van der Waals surface area contributed by atoms with E-state index in [9.17, 15) is 4.79 Å². The smallest absolute Gasteiger partial charge is 0.236 e. The first-order valence-corrected chi connectivity index (χ1v) is 5.68. The lowest BCUT2D eigenvalue weighted by Gasteiger charge is -2.28. The number of carbonyl (C=O) groups is 1. The Bertz CT molecular complexity index is 348. The Morgan fingerprint density at radius 1 is 1.59 bits per heavy atom. The quantitative estimate of drug-likeness (QED) is 0.721. The molecule has 1 aliphatic heterocycles. The standard InChI is InChI=1S/C10H17N5O2/c1-14(6-9-12-8-17-13-9)7-10(16)15-4-2-11-3-5-15/h8,11H,2-7H2,1H3. The number of nitrogens with zero attached hydrogens (tertiary/aromatic N) is 4. The van der Waals surface area contributed by atoms with Gasteiger partial charge in [0.2, 0.25) is 12.3 Å². The summed E-state index contributed by atoms with van der Waals surface area (Å²) in [4.78, 5) is 19.6. The molecule has 7 nitrogen and oxygen atoms in total. The van der Waals surface area contributed by atoms with Gasteiger partial charge in [-0.1, -0.05) is 5.16 Å². The number of hydrogen-bond acceptors (Lipinski definition) is 6. The average molecular weight is 239 g/mol. The van der Waals surface area contributed by atoms with Crippen LogP contribution in [0.25, 0.3) is 0 Å². The third kappa shape index (κ3) is 3.50. The third-order valence-electron chi connectivity index (χ3n) is 2.69. The van der Waals surface area contributed by atoms with Gasteiger partial charge in [-0.3, -0.25) is 9.69 Å². The predicted octanol–water partition coefficient (Wildman–Crippen LogP) is -1.07. The maximum atomic E-state index is 11.9. The summed E-state index contributed by atoms with van der Waals surface area (Å²) in [5.41, 5.74) is 0. The number of likely N-dealkylation sites (N-methyl/N-ethyl adjacent to an activating group) is 1. The van der Waals surface area contributed by atoms with Crippen molar-refractivity contribution in [3.63, 3.8) is 0 Å². The Morgan fingerprint density at radius 2 is 2.35 bits per heavy atom. The highest BCUT2D eigenvalue weighted by atomic mass is 16.5. The molecular weight excluding hydrogens is 222 g/mol. The SMILES string of the molecule is CN(CC(=O)N1CCNCC1)Cc1ncon1. The van der Waals surface area contributed by atoms with Gasteiger partial charge in [-0.05, 0) is 7.05 Å². The van der Waals surface area contributed by atoms with Gasteiger partial charge in [-0.25, -0.2) is 0 Å². The second kappa shape index (κ2) is 5.74. The maximum Gasteiger partial charge on any atom is 0.236 e. The highest BCUT2D eigenvalue weighted by molar-refractivity contribution is 5.78. The summed E-state index contributed by atoms with van der Waals surface area (Å²) in [5.74, 6) is 0.748. The van der Waals surface area contributed by atoms with Crippen LogP contribution in [0.3, 0.4) is 0 Å². The first-order valence-electron chi connectivity index (χ1n) is 5.68. The van der Waals surface area contributed by atoms with Crippen LogP contribution in [0.15, 0.2) is 10.9 Å². The molecule has 1 aliphatic rings. The van der Waals surface area contributed by atoms with Crippen LogP contribution in [0.1, 0.15) is 5.82 Å². The Balaban J connectivity index is 1.77. The van der Waals surface area contributed by atoms with Crippen molar-refractivity contribution in [2.45, 2.75) is 6.54 Å². The van der Waals surface area contributed by atoms with Crippen LogP contribution in [-0.2, 0) is 11.3 Å². The van der Waals surface area contributed by atoms with Crippen LogP contribution >= 0.6 is 0 Å². The fourth-order valence-corrected chi connectivity index (χ4v) is 1.80. The van der Waals surface area contributed by atoms with Crippen molar-refractivity contribution in [2.75, 3.05) is 39.8 Å². The van der Waals surface area contributed by atoms with Crippen molar-refractivity contribution in [3.8, 4) is 0 Å². The van der Waals surface area contributed by atoms with E-state index in [1.165, 1.54) is 6.39 Å². The molecule has 1 aromatic rings. The Labute approximate surface area is 99.8 Å². The van der Waals surface area contributed by atoms with Crippen LogP contribution in [0.4, 0.5) is 0 Å². The van der Waals surface area contributed by atoms with Gasteiger partial charge in [0, 0.05) is 26.2 Å². The van der Waals surface area contributed by atoms with Gasteiger partial charge in [0.15, 0.2) is 5.82 Å². The third-order valence-corrected chi connectivity index (χ3v) is 2.69. The summed E-state index contributed by atoms with van der Waals surface area (Å²) in [5, 5.41) is 6.93. The minimum atomic E-state index is 0.150. The lowest BCUT2D eigenvalue weighted by molar-refractivity contribution is -0.132. The van der Waals surface area contributed by atoms with E-state index in [-0.39, 0.29) is 5.91 Å². The van der Waals surface area contributed by atoms with E-state index in [0.717, 1.165) is 26.2 Å². The van der Waals surface area contributed by atoms with Crippen molar-refractivity contribution in [3.05, 3.63) is 12.2 Å². The number of hydrogen-bond donors (Lipinski definition) is 1. The van der Waals surface area contributed by atoms with Crippen molar-refractivity contribution in [2.24, 2.45) is 0 Å². The van der Waals surface area contributed by atoms with Gasteiger partial charge in [-0.15, -0.1) is 0 Å². The van der Waals surface area contributed by atoms with Crippen molar-refractivity contribution in [1.82, 2.24) is 25.3 Å². The monoisotopic (exact) mass is 239 g/mol. The van der Waals surface area contributed by atoms with Crippen LogP contribution in [0.2, 0.25) is 0 Å². The second-order valence-corrected chi connectivity index (χ2v) is 4.15. The summed E-state index contributed by atoms with van der Waals surface area (Å²) in [6.07, 6.45) is 1.29. The molecule has 0 radical (unpaired) electrons. The van der Waals surface area contributed by atoms with Gasteiger partial charge >= 0.3 is 0 Å². The van der Waals surface area contributed by atoms with Gasteiger partial charge in [0.25, 0.3) is 0 Å². The van der Waals surface area contributed by atoms with E-state index in [0.29, 0.717) is 18.9 Å². The molecule has 0 spiro atoms. The topological polar surface area (TPSA) is 74.5 Å². The number of amides is 1. The lowest BCUT2D eigenvalue weighted by Crippen LogP contribution is -2.49. The van der Waals surface area contributed by atoms with Gasteiger partial charge in [0.1, 0.15) is 0 Å². The number of piperazine rings is 1. The van der Waals surface area contributed by atoms with E-state index in [1.807, 2.05) is 16.8 Å². The first kappa shape index (κ1) is 12.0. The van der Waals surface area contributed by atoms with E-state index in [1.54, 1.807) is 0 Å². The number of carbonyl (C=O) groups excluding carboxylic acids is 1. The summed E-state index contributed by atoms with van der Waals surface area (Å²) >= 11 is 0. The van der Waals surface area contributed by atoms with E-state index < -0.39 is 0 Å². The second-order valence-electron chi connectivity index (χ2n) is 4.15. The van der Waals surface area contributed by atoms with E-state index in [2.05, 4.69) is 20.0 Å². The summed E-state index contributed by atoms with van der Waals surface area (Å²) < 4.78 is 4.65. The first-order chi connectivity index (χ1) is 8.25. The van der Waals surface area contributed by atoms with Crippen molar-refractivity contribution in [1.29, 1.82) is 0 Å². The molecule has 1 aromatic heterocycles. The molecule has 7 heteroatoms. The zero-order chi connectivity index (χ0) is 12.1. The van der Waals surface area contributed by atoms with Crippen LogP contribution in [0, 0.1) is 0 Å². The minimum absolute atomic E-state index is 0.150. The summed E-state index contributed by atoms with van der Waals surface area (Å²) in [6, 6.07) is 0. The Hall–Kier alpha value is -1.47. The maximum absolute atomic E-state index is 11.9. The van der Waals surface area contributed by atoms with Crippen LogP contribution in [-0.4, -0.2) is 65.6 Å². The van der Waals surface area contributed by atoms with E-state index in [4.69, 9.17) is 0 Å². The van der Waals surface area contributed by atoms with Gasteiger partial charge < -0.3 is 14.7 Å². The number of nitrogens with one attached hydrogen (secondary N) is 1. The molecule has 2 heterocycles. The molecule has 1 N–H and O–H groups in total. The zero-order valence-electron chi connectivity index (χ0n) is 9.93. The highest BCUT2D eigenvalue weighted by Gasteiger charge is 2.18. The Morgan fingerprint density at radius 3 is 3.00 bits per heavy atom. The molecule has 0 saturated carbocycles. The molecular formula is C10H17N5O2. The number of rotatable bonds is 4. The lowest BCUT2D eigenvalue weighted by atomic mass is 10.3. The fraction of sp³-hybridized carbons (Fsp3) is 0.700. The van der Waals surface area contributed by atoms with Crippen LogP contribution < -0.4 is 5.32 Å². The highest BCUT2D eigenvalue weighted by Crippen LogP contribution is 1.99. The van der Waals surface area contributed by atoms with Gasteiger partial charge in [0.05, 0.1) is 13.1 Å². The molecule has 17 heavy (non-hydrogen) atoms. The molecule has 0 aromatic carbocycles. The molecule has 0 bridgehead atoms. The molecule has 0 aliphatic carbocycles. The largest absolute Gasteiger partial charge is 0.343 e. The zero-order valence-corrected chi connectivity index (χ0v) is 9.93. The van der Waals surface area contributed by atoms with Gasteiger partial charge in [-0.2, -0.15) is 4.98 Å². The fourth-order valence-electron chi connectivity index (χ4n) is 1.80. The predicted molar refractivity (Wildman–Crippen MR) is 60.1 cm³/mol. The van der Waals surface area contributed by atoms with Crippen LogP contribution in [0.5, 0.6) is 0 Å². The summed E-state index contributed by atoms with van der Waals surface area (Å²) in [7, 11) is 1.87. The minimum Gasteiger partial charge on any atom is -0.343 e. The van der Waals surface area contributed by atoms with Crippen molar-refractivity contribution < 1.29 is 9.32 Å². The molecule has 94 valence electrons.